The van der Waals surface area contributed by atoms with Gasteiger partial charge < -0.3 is 30.1 Å². The minimum atomic E-state index is -1.82. The lowest BCUT2D eigenvalue weighted by Gasteiger charge is -2.15. The van der Waals surface area contributed by atoms with Gasteiger partial charge in [0, 0.05) is 19.7 Å². The van der Waals surface area contributed by atoms with Crippen LogP contribution in [0.1, 0.15) is 19.4 Å². The number of carboxylic acids is 2. The molecule has 8 heteroatoms. The number of nitrogens with one attached hydrogen (secondary N) is 1. The van der Waals surface area contributed by atoms with Gasteiger partial charge in [0.1, 0.15) is 18.5 Å². The number of aliphatic hydroxyl groups is 1. The van der Waals surface area contributed by atoms with E-state index in [0.717, 1.165) is 18.8 Å². The summed E-state index contributed by atoms with van der Waals surface area (Å²) >= 11 is 0. The van der Waals surface area contributed by atoms with Crippen molar-refractivity contribution in [2.45, 2.75) is 32.4 Å². The number of carbonyl (C=O) groups is 2. The van der Waals surface area contributed by atoms with E-state index in [2.05, 4.69) is 5.32 Å². The van der Waals surface area contributed by atoms with Crippen molar-refractivity contribution >= 4 is 11.9 Å². The molecular formula is C17H27NO7. The highest BCUT2D eigenvalue weighted by Crippen LogP contribution is 2.12. The summed E-state index contributed by atoms with van der Waals surface area (Å²) < 4.78 is 10.6. The molecule has 0 aliphatic carbocycles. The monoisotopic (exact) mass is 357 g/mol. The Labute approximate surface area is 147 Å². The third-order valence-corrected chi connectivity index (χ3v) is 2.91. The van der Waals surface area contributed by atoms with Gasteiger partial charge in [-0.15, -0.1) is 0 Å². The van der Waals surface area contributed by atoms with Gasteiger partial charge in [0.15, 0.2) is 0 Å². The second kappa shape index (κ2) is 13.2. The molecular weight excluding hydrogens is 330 g/mol. The summed E-state index contributed by atoms with van der Waals surface area (Å²) in [6, 6.07) is 8.26. The van der Waals surface area contributed by atoms with Crippen molar-refractivity contribution in [2.24, 2.45) is 0 Å². The molecule has 4 N–H and O–H groups in total. The maximum Gasteiger partial charge on any atom is 0.414 e. The topological polar surface area (TPSA) is 125 Å². The maximum atomic E-state index is 9.73. The molecule has 0 saturated heterocycles. The predicted molar refractivity (Wildman–Crippen MR) is 91.9 cm³/mol. The summed E-state index contributed by atoms with van der Waals surface area (Å²) in [6.07, 6.45) is 0.410. The molecule has 0 radical (unpaired) electrons. The fraction of sp³-hybridized carbons (Fsp3) is 0.529. The van der Waals surface area contributed by atoms with Crippen LogP contribution in [0.3, 0.4) is 0 Å². The number of ether oxygens (including phenoxy) is 2. The summed E-state index contributed by atoms with van der Waals surface area (Å²) in [6.45, 7) is 5.67. The molecule has 0 fully saturated rings. The van der Waals surface area contributed by atoms with E-state index in [1.54, 1.807) is 7.11 Å². The van der Waals surface area contributed by atoms with Crippen LogP contribution in [-0.4, -0.2) is 66.3 Å². The van der Waals surface area contributed by atoms with Gasteiger partial charge >= 0.3 is 11.9 Å². The predicted octanol–water partition coefficient (Wildman–Crippen LogP) is 0.769. The van der Waals surface area contributed by atoms with Crippen LogP contribution in [0.5, 0.6) is 5.75 Å². The lowest BCUT2D eigenvalue weighted by atomic mass is 10.1. The van der Waals surface area contributed by atoms with Crippen molar-refractivity contribution < 1.29 is 34.4 Å². The van der Waals surface area contributed by atoms with Gasteiger partial charge in [-0.25, -0.2) is 9.59 Å². The number of rotatable bonds is 9. The standard InChI is InChI=1S/C15H25NO3.C2H2O4/c1-12(2)16-10-14(17)11-19-15-6-4-13(5-7-15)8-9-18-3;3-1(4)2(5)6/h4-7,12,14,16-17H,8-11H2,1-3H3;(H,3,4)(H,5,6)/t14-;/m0./s1. The summed E-state index contributed by atoms with van der Waals surface area (Å²) in [7, 11) is 1.70. The Morgan fingerprint density at radius 2 is 1.68 bits per heavy atom. The van der Waals surface area contributed by atoms with Crippen LogP contribution in [0.4, 0.5) is 0 Å². The first-order chi connectivity index (χ1) is 11.8. The summed E-state index contributed by atoms with van der Waals surface area (Å²) in [5.41, 5.74) is 1.22. The number of aliphatic hydroxyl groups excluding tert-OH is 1. The highest BCUT2D eigenvalue weighted by Gasteiger charge is 2.06. The first-order valence-corrected chi connectivity index (χ1v) is 7.84. The molecule has 25 heavy (non-hydrogen) atoms. The molecule has 0 bridgehead atoms. The molecule has 0 aliphatic rings. The van der Waals surface area contributed by atoms with E-state index in [1.165, 1.54) is 5.56 Å². The number of methoxy groups -OCH3 is 1. The highest BCUT2D eigenvalue weighted by molar-refractivity contribution is 6.27. The normalized spacial score (nSPS) is 11.4. The van der Waals surface area contributed by atoms with E-state index in [0.29, 0.717) is 19.2 Å². The Kier molecular flexibility index (Phi) is 12.0. The smallest absolute Gasteiger partial charge is 0.414 e. The summed E-state index contributed by atoms with van der Waals surface area (Å²) in [5, 5.41) is 27.7. The average molecular weight is 357 g/mol. The molecule has 8 nitrogen and oxygen atoms in total. The SMILES string of the molecule is COCCc1ccc(OC[C@@H](O)CNC(C)C)cc1.O=C(O)C(=O)O. The molecule has 0 unspecified atom stereocenters. The zero-order valence-corrected chi connectivity index (χ0v) is 14.8. The third-order valence-electron chi connectivity index (χ3n) is 2.91. The van der Waals surface area contributed by atoms with E-state index in [4.69, 9.17) is 29.3 Å². The lowest BCUT2D eigenvalue weighted by Crippen LogP contribution is -2.35. The molecule has 1 aromatic carbocycles. The number of hydrogen-bond donors (Lipinski definition) is 4. The minimum absolute atomic E-state index is 0.303. The highest BCUT2D eigenvalue weighted by atomic mass is 16.5. The Balaban J connectivity index is 0.000000823. The van der Waals surface area contributed by atoms with E-state index in [9.17, 15) is 5.11 Å². The van der Waals surface area contributed by atoms with Gasteiger partial charge in [-0.1, -0.05) is 26.0 Å². The van der Waals surface area contributed by atoms with Crippen molar-refractivity contribution in [1.82, 2.24) is 5.32 Å². The van der Waals surface area contributed by atoms with E-state index >= 15 is 0 Å². The fourth-order valence-electron chi connectivity index (χ4n) is 1.60. The van der Waals surface area contributed by atoms with Gasteiger partial charge in [0.05, 0.1) is 6.61 Å². The largest absolute Gasteiger partial charge is 0.491 e. The van der Waals surface area contributed by atoms with Gasteiger partial charge in [-0.05, 0) is 24.1 Å². The second-order valence-corrected chi connectivity index (χ2v) is 5.52. The van der Waals surface area contributed by atoms with Crippen molar-refractivity contribution in [1.29, 1.82) is 0 Å². The van der Waals surface area contributed by atoms with Gasteiger partial charge in [-0.2, -0.15) is 0 Å². The molecule has 0 amide bonds. The molecule has 1 aromatic rings. The minimum Gasteiger partial charge on any atom is -0.491 e. The second-order valence-electron chi connectivity index (χ2n) is 5.52. The Hall–Kier alpha value is -2.16. The third kappa shape index (κ3) is 12.9. The van der Waals surface area contributed by atoms with E-state index in [-0.39, 0.29) is 0 Å². The van der Waals surface area contributed by atoms with E-state index in [1.807, 2.05) is 38.1 Å². The number of hydrogen-bond acceptors (Lipinski definition) is 6. The average Bonchev–Trinajstić information content (AvgIpc) is 2.57. The van der Waals surface area contributed by atoms with Gasteiger partial charge in [0.2, 0.25) is 0 Å². The molecule has 0 aromatic heterocycles. The van der Waals surface area contributed by atoms with E-state index < -0.39 is 18.0 Å². The maximum absolute atomic E-state index is 9.73. The van der Waals surface area contributed by atoms with Crippen molar-refractivity contribution in [2.75, 3.05) is 26.9 Å². The summed E-state index contributed by atoms with van der Waals surface area (Å²) in [4.78, 5) is 18.2. The van der Waals surface area contributed by atoms with Crippen LogP contribution >= 0.6 is 0 Å². The molecule has 0 heterocycles. The first kappa shape index (κ1) is 22.8. The molecule has 1 rings (SSSR count). The van der Waals surface area contributed by atoms with Crippen LogP contribution < -0.4 is 10.1 Å². The molecule has 0 spiro atoms. The Bertz CT molecular complexity index is 490. The zero-order valence-electron chi connectivity index (χ0n) is 14.8. The number of aliphatic carboxylic acids is 2. The van der Waals surface area contributed by atoms with Crippen LogP contribution in [0, 0.1) is 0 Å². The Morgan fingerprint density at radius 1 is 1.12 bits per heavy atom. The van der Waals surface area contributed by atoms with Crippen LogP contribution in [0.25, 0.3) is 0 Å². The Morgan fingerprint density at radius 3 is 2.12 bits per heavy atom. The van der Waals surface area contributed by atoms with Crippen LogP contribution in [0.15, 0.2) is 24.3 Å². The molecule has 1 atom stereocenters. The fourth-order valence-corrected chi connectivity index (χ4v) is 1.60. The van der Waals surface area contributed by atoms with Crippen LogP contribution in [-0.2, 0) is 20.7 Å². The zero-order chi connectivity index (χ0) is 19.2. The molecule has 0 aliphatic heterocycles. The molecule has 0 saturated carbocycles. The van der Waals surface area contributed by atoms with Gasteiger partial charge in [-0.3, -0.25) is 0 Å². The van der Waals surface area contributed by atoms with Crippen molar-refractivity contribution in [3.63, 3.8) is 0 Å². The quantitative estimate of drug-likeness (QED) is 0.478. The van der Waals surface area contributed by atoms with Crippen molar-refractivity contribution in [3.8, 4) is 5.75 Å². The number of carboxylic acid groups (broad SMARTS) is 2. The van der Waals surface area contributed by atoms with Gasteiger partial charge in [0.25, 0.3) is 0 Å². The van der Waals surface area contributed by atoms with Crippen LogP contribution in [0.2, 0.25) is 0 Å². The number of benzene rings is 1. The van der Waals surface area contributed by atoms with Crippen molar-refractivity contribution in [3.05, 3.63) is 29.8 Å². The lowest BCUT2D eigenvalue weighted by molar-refractivity contribution is -0.159. The molecule has 142 valence electrons. The summed E-state index contributed by atoms with van der Waals surface area (Å²) in [5.74, 6) is -2.87. The first-order valence-electron chi connectivity index (χ1n) is 7.84.